The van der Waals surface area contributed by atoms with Crippen molar-refractivity contribution in [1.29, 1.82) is 0 Å². The van der Waals surface area contributed by atoms with Gasteiger partial charge in [0.1, 0.15) is 6.04 Å². The molecule has 1 aliphatic rings. The Morgan fingerprint density at radius 3 is 2.75 bits per heavy atom. The first-order valence-electron chi connectivity index (χ1n) is 4.19. The second-order valence-corrected chi connectivity index (χ2v) is 3.41. The van der Waals surface area contributed by atoms with Crippen LogP contribution in [0.15, 0.2) is 0 Å². The first-order valence-corrected chi connectivity index (χ1v) is 4.19. The molecule has 1 heterocycles. The lowest BCUT2D eigenvalue weighted by Gasteiger charge is -2.13. The van der Waals surface area contributed by atoms with Gasteiger partial charge in [0, 0.05) is 13.2 Å². The minimum absolute atomic E-state index is 0.158. The van der Waals surface area contributed by atoms with E-state index in [1.54, 1.807) is 0 Å². The van der Waals surface area contributed by atoms with Crippen molar-refractivity contribution in [1.82, 2.24) is 4.90 Å². The van der Waals surface area contributed by atoms with Crippen molar-refractivity contribution in [2.75, 3.05) is 20.2 Å². The van der Waals surface area contributed by atoms with Crippen LogP contribution in [0.3, 0.4) is 0 Å². The molecule has 12 heavy (non-hydrogen) atoms. The maximum absolute atomic E-state index is 10.7. The minimum atomic E-state index is -0.752. The topological polar surface area (TPSA) is 60.8 Å². The van der Waals surface area contributed by atoms with Gasteiger partial charge < -0.3 is 10.2 Å². The van der Waals surface area contributed by atoms with E-state index in [1.807, 2.05) is 11.9 Å². The number of carboxylic acids is 1. The van der Waals surface area contributed by atoms with Crippen LogP contribution >= 0.6 is 0 Å². The highest BCUT2D eigenvalue weighted by Gasteiger charge is 2.33. The highest BCUT2D eigenvalue weighted by molar-refractivity contribution is 5.73. The van der Waals surface area contributed by atoms with Gasteiger partial charge in [-0.05, 0) is 25.8 Å². The number of likely N-dealkylation sites (tertiary alicyclic amines) is 1. The molecular weight excluding hydrogens is 158 g/mol. The van der Waals surface area contributed by atoms with Crippen LogP contribution in [0.4, 0.5) is 0 Å². The van der Waals surface area contributed by atoms with Crippen LogP contribution in [0.5, 0.6) is 0 Å². The SMILES string of the molecule is CN1C[C@@H](CCO)CC1C(=O)O. The Morgan fingerprint density at radius 1 is 1.67 bits per heavy atom. The largest absolute Gasteiger partial charge is 0.480 e. The van der Waals surface area contributed by atoms with E-state index in [0.717, 1.165) is 6.54 Å². The van der Waals surface area contributed by atoms with Crippen LogP contribution in [-0.2, 0) is 4.79 Å². The van der Waals surface area contributed by atoms with Gasteiger partial charge in [-0.25, -0.2) is 0 Å². The molecule has 4 heteroatoms. The second kappa shape index (κ2) is 3.87. The molecule has 0 radical (unpaired) electrons. The monoisotopic (exact) mass is 173 g/mol. The van der Waals surface area contributed by atoms with Crippen LogP contribution in [0.2, 0.25) is 0 Å². The van der Waals surface area contributed by atoms with Crippen molar-refractivity contribution in [3.05, 3.63) is 0 Å². The van der Waals surface area contributed by atoms with Crippen LogP contribution in [0, 0.1) is 5.92 Å². The van der Waals surface area contributed by atoms with Gasteiger partial charge in [0.25, 0.3) is 0 Å². The summed E-state index contributed by atoms with van der Waals surface area (Å²) in [5.74, 6) is -0.404. The first-order chi connectivity index (χ1) is 5.65. The molecule has 0 aromatic rings. The number of aliphatic hydroxyl groups is 1. The Morgan fingerprint density at radius 2 is 2.33 bits per heavy atom. The molecule has 0 aliphatic carbocycles. The molecule has 0 saturated carbocycles. The molecule has 1 saturated heterocycles. The fourth-order valence-electron chi connectivity index (χ4n) is 1.79. The first kappa shape index (κ1) is 9.48. The highest BCUT2D eigenvalue weighted by atomic mass is 16.4. The van der Waals surface area contributed by atoms with E-state index in [9.17, 15) is 4.79 Å². The van der Waals surface area contributed by atoms with Crippen molar-refractivity contribution in [2.45, 2.75) is 18.9 Å². The lowest BCUT2D eigenvalue weighted by atomic mass is 10.0. The van der Waals surface area contributed by atoms with Gasteiger partial charge in [-0.3, -0.25) is 9.69 Å². The average Bonchev–Trinajstić information content (AvgIpc) is 2.32. The number of nitrogens with zero attached hydrogens (tertiary/aromatic N) is 1. The predicted octanol–water partition coefficient (Wildman–Crippen LogP) is -0.226. The number of hydrogen-bond acceptors (Lipinski definition) is 3. The van der Waals surface area contributed by atoms with Gasteiger partial charge in [0.05, 0.1) is 0 Å². The number of likely N-dealkylation sites (N-methyl/N-ethyl adjacent to an activating group) is 1. The second-order valence-electron chi connectivity index (χ2n) is 3.41. The maximum Gasteiger partial charge on any atom is 0.320 e. The fourth-order valence-corrected chi connectivity index (χ4v) is 1.79. The summed E-state index contributed by atoms with van der Waals surface area (Å²) in [5, 5.41) is 17.4. The minimum Gasteiger partial charge on any atom is -0.480 e. The van der Waals surface area contributed by atoms with Gasteiger partial charge in [0.2, 0.25) is 0 Å². The van der Waals surface area contributed by atoms with Crippen LogP contribution in [0.25, 0.3) is 0 Å². The zero-order valence-corrected chi connectivity index (χ0v) is 7.23. The third-order valence-corrected chi connectivity index (χ3v) is 2.46. The number of carbonyl (C=O) groups is 1. The Bertz CT molecular complexity index is 172. The Balaban J connectivity index is 2.44. The summed E-state index contributed by atoms with van der Waals surface area (Å²) < 4.78 is 0. The molecule has 1 fully saturated rings. The molecule has 4 nitrogen and oxygen atoms in total. The molecule has 0 bridgehead atoms. The van der Waals surface area contributed by atoms with Crippen molar-refractivity contribution in [2.24, 2.45) is 5.92 Å². The van der Waals surface area contributed by atoms with Crippen LogP contribution in [-0.4, -0.2) is 47.3 Å². The number of aliphatic carboxylic acids is 1. The molecule has 2 N–H and O–H groups in total. The third kappa shape index (κ3) is 1.95. The zero-order chi connectivity index (χ0) is 9.14. The quantitative estimate of drug-likeness (QED) is 0.619. The van der Waals surface area contributed by atoms with E-state index >= 15 is 0 Å². The van der Waals surface area contributed by atoms with Gasteiger partial charge in [-0.1, -0.05) is 0 Å². The summed E-state index contributed by atoms with van der Waals surface area (Å²) in [4.78, 5) is 12.5. The number of carboxylic acid groups (broad SMARTS) is 1. The fraction of sp³-hybridized carbons (Fsp3) is 0.875. The molecule has 70 valence electrons. The molecule has 0 aromatic carbocycles. The van der Waals surface area contributed by atoms with Gasteiger partial charge in [-0.2, -0.15) is 0 Å². The molecule has 0 aromatic heterocycles. The Kier molecular flexibility index (Phi) is 3.05. The normalized spacial score (nSPS) is 30.8. The summed E-state index contributed by atoms with van der Waals surface area (Å²) in [6.07, 6.45) is 1.39. The third-order valence-electron chi connectivity index (χ3n) is 2.46. The van der Waals surface area contributed by atoms with E-state index in [2.05, 4.69) is 0 Å². The summed E-state index contributed by atoms with van der Waals surface area (Å²) in [5.41, 5.74) is 0. The van der Waals surface area contributed by atoms with Crippen LogP contribution in [0.1, 0.15) is 12.8 Å². The average molecular weight is 173 g/mol. The maximum atomic E-state index is 10.7. The van der Waals surface area contributed by atoms with Crippen molar-refractivity contribution < 1.29 is 15.0 Å². The number of rotatable bonds is 3. The lowest BCUT2D eigenvalue weighted by molar-refractivity contribution is -0.141. The summed E-state index contributed by atoms with van der Waals surface area (Å²) in [6, 6.07) is -0.346. The number of aliphatic hydroxyl groups excluding tert-OH is 1. The number of hydrogen-bond donors (Lipinski definition) is 2. The predicted molar refractivity (Wildman–Crippen MR) is 43.9 cm³/mol. The van der Waals surface area contributed by atoms with Crippen molar-refractivity contribution in [3.63, 3.8) is 0 Å². The lowest BCUT2D eigenvalue weighted by Crippen LogP contribution is -2.32. The summed E-state index contributed by atoms with van der Waals surface area (Å²) in [7, 11) is 1.82. The molecule has 1 aliphatic heterocycles. The summed E-state index contributed by atoms with van der Waals surface area (Å²) in [6.45, 7) is 0.947. The summed E-state index contributed by atoms with van der Waals surface area (Å²) >= 11 is 0. The molecule has 1 unspecified atom stereocenters. The van der Waals surface area contributed by atoms with E-state index in [-0.39, 0.29) is 12.6 Å². The van der Waals surface area contributed by atoms with Gasteiger partial charge >= 0.3 is 5.97 Å². The van der Waals surface area contributed by atoms with E-state index in [0.29, 0.717) is 18.8 Å². The molecular formula is C8H15NO3. The van der Waals surface area contributed by atoms with E-state index in [1.165, 1.54) is 0 Å². The molecule has 0 spiro atoms. The smallest absolute Gasteiger partial charge is 0.320 e. The van der Waals surface area contributed by atoms with E-state index < -0.39 is 5.97 Å². The highest BCUT2D eigenvalue weighted by Crippen LogP contribution is 2.23. The van der Waals surface area contributed by atoms with E-state index in [4.69, 9.17) is 10.2 Å². The Labute approximate surface area is 71.8 Å². The zero-order valence-electron chi connectivity index (χ0n) is 7.23. The van der Waals surface area contributed by atoms with Gasteiger partial charge in [0.15, 0.2) is 0 Å². The standard InChI is InChI=1S/C8H15NO3/c1-9-5-6(2-3-10)4-7(9)8(11)12/h6-7,10H,2-5H2,1H3,(H,11,12)/t6-,7?/m0/s1. The van der Waals surface area contributed by atoms with Gasteiger partial charge in [-0.15, -0.1) is 0 Å². The molecule has 1 rings (SSSR count). The van der Waals surface area contributed by atoms with Crippen molar-refractivity contribution >= 4 is 5.97 Å². The van der Waals surface area contributed by atoms with Crippen molar-refractivity contribution in [3.8, 4) is 0 Å². The van der Waals surface area contributed by atoms with Crippen LogP contribution < -0.4 is 0 Å². The molecule has 2 atom stereocenters. The molecule has 0 amide bonds. The Hall–Kier alpha value is -0.610.